The second-order valence-electron chi connectivity index (χ2n) is 4.58. The Hall–Kier alpha value is -2.11. The maximum Gasteiger partial charge on any atom is 0.326 e. The first-order valence-corrected chi connectivity index (χ1v) is 6.46. The third-order valence-corrected chi connectivity index (χ3v) is 2.92. The first-order chi connectivity index (χ1) is 9.43. The average Bonchev–Trinajstić information content (AvgIpc) is 2.37. The molecule has 2 amide bonds. The maximum absolute atomic E-state index is 12.9. The first kappa shape index (κ1) is 15.9. The number of rotatable bonds is 6. The molecule has 0 spiro atoms. The Labute approximate surface area is 117 Å². The van der Waals surface area contributed by atoms with E-state index >= 15 is 0 Å². The van der Waals surface area contributed by atoms with Crippen LogP contribution in [0.4, 0.5) is 9.18 Å². The van der Waals surface area contributed by atoms with Crippen LogP contribution >= 0.6 is 0 Å². The molecule has 0 heterocycles. The van der Waals surface area contributed by atoms with Gasteiger partial charge < -0.3 is 15.7 Å². The third-order valence-electron chi connectivity index (χ3n) is 2.92. The number of amides is 2. The fourth-order valence-corrected chi connectivity index (χ4v) is 1.79. The second-order valence-corrected chi connectivity index (χ2v) is 4.58. The molecular formula is C14H19FN2O3. The SMILES string of the molecule is CCCC(NC(=O)NCc1ccc(F)cc1C)C(=O)O. The van der Waals surface area contributed by atoms with E-state index in [4.69, 9.17) is 5.11 Å². The van der Waals surface area contributed by atoms with E-state index in [1.54, 1.807) is 13.0 Å². The van der Waals surface area contributed by atoms with Crippen molar-refractivity contribution in [2.45, 2.75) is 39.3 Å². The van der Waals surface area contributed by atoms with Gasteiger partial charge in [-0.05, 0) is 36.6 Å². The van der Waals surface area contributed by atoms with Crippen molar-refractivity contribution in [2.24, 2.45) is 0 Å². The molecule has 20 heavy (non-hydrogen) atoms. The minimum Gasteiger partial charge on any atom is -0.480 e. The monoisotopic (exact) mass is 282 g/mol. The van der Waals surface area contributed by atoms with Crippen LogP contribution in [0.25, 0.3) is 0 Å². The largest absolute Gasteiger partial charge is 0.480 e. The fourth-order valence-electron chi connectivity index (χ4n) is 1.79. The van der Waals surface area contributed by atoms with Gasteiger partial charge in [0.05, 0.1) is 0 Å². The lowest BCUT2D eigenvalue weighted by molar-refractivity contribution is -0.139. The molecule has 1 atom stereocenters. The average molecular weight is 282 g/mol. The van der Waals surface area contributed by atoms with Gasteiger partial charge in [0, 0.05) is 6.54 Å². The number of benzene rings is 1. The second kappa shape index (κ2) is 7.47. The molecule has 0 aliphatic carbocycles. The Balaban J connectivity index is 2.52. The summed E-state index contributed by atoms with van der Waals surface area (Å²) < 4.78 is 12.9. The Morgan fingerprint density at radius 3 is 2.65 bits per heavy atom. The van der Waals surface area contributed by atoms with Crippen LogP contribution in [0.1, 0.15) is 30.9 Å². The van der Waals surface area contributed by atoms with Gasteiger partial charge in [0.15, 0.2) is 0 Å². The number of hydrogen-bond donors (Lipinski definition) is 3. The van der Waals surface area contributed by atoms with Gasteiger partial charge in [-0.3, -0.25) is 0 Å². The zero-order chi connectivity index (χ0) is 15.1. The Bertz CT molecular complexity index is 491. The Kier molecular flexibility index (Phi) is 5.96. The first-order valence-electron chi connectivity index (χ1n) is 6.46. The number of carboxylic acid groups (broad SMARTS) is 1. The van der Waals surface area contributed by atoms with E-state index < -0.39 is 18.0 Å². The maximum atomic E-state index is 12.9. The van der Waals surface area contributed by atoms with E-state index in [-0.39, 0.29) is 12.4 Å². The van der Waals surface area contributed by atoms with Crippen molar-refractivity contribution in [1.82, 2.24) is 10.6 Å². The summed E-state index contributed by atoms with van der Waals surface area (Å²) in [5, 5.41) is 13.9. The van der Waals surface area contributed by atoms with Crippen LogP contribution in [0, 0.1) is 12.7 Å². The van der Waals surface area contributed by atoms with Gasteiger partial charge in [0.2, 0.25) is 0 Å². The molecule has 1 unspecified atom stereocenters. The summed E-state index contributed by atoms with van der Waals surface area (Å²) in [7, 11) is 0. The molecule has 1 rings (SSSR count). The minimum atomic E-state index is -1.06. The molecule has 1 aromatic rings. The molecule has 0 saturated heterocycles. The molecule has 0 fully saturated rings. The summed E-state index contributed by atoms with van der Waals surface area (Å²) in [5.74, 6) is -1.38. The number of carbonyl (C=O) groups is 2. The summed E-state index contributed by atoms with van der Waals surface area (Å²) >= 11 is 0. The number of nitrogens with one attached hydrogen (secondary N) is 2. The quantitative estimate of drug-likeness (QED) is 0.748. The van der Waals surface area contributed by atoms with Crippen LogP contribution in [0.2, 0.25) is 0 Å². The topological polar surface area (TPSA) is 78.4 Å². The number of carboxylic acids is 1. The molecule has 0 aliphatic heterocycles. The van der Waals surface area contributed by atoms with Crippen molar-refractivity contribution in [3.05, 3.63) is 35.1 Å². The van der Waals surface area contributed by atoms with Crippen molar-refractivity contribution in [3.63, 3.8) is 0 Å². The standard InChI is InChI=1S/C14H19FN2O3/c1-3-4-12(13(18)19)17-14(20)16-8-10-5-6-11(15)7-9(10)2/h5-7,12H,3-4,8H2,1-2H3,(H,18,19)(H2,16,17,20). The van der Waals surface area contributed by atoms with Crippen molar-refractivity contribution in [1.29, 1.82) is 0 Å². The van der Waals surface area contributed by atoms with E-state index in [1.807, 2.05) is 6.92 Å². The number of carbonyl (C=O) groups excluding carboxylic acids is 1. The van der Waals surface area contributed by atoms with Gasteiger partial charge in [0.1, 0.15) is 11.9 Å². The highest BCUT2D eigenvalue weighted by atomic mass is 19.1. The fraction of sp³-hybridized carbons (Fsp3) is 0.429. The molecule has 5 nitrogen and oxygen atoms in total. The highest BCUT2D eigenvalue weighted by molar-refractivity contribution is 5.82. The van der Waals surface area contributed by atoms with Crippen molar-refractivity contribution in [2.75, 3.05) is 0 Å². The lowest BCUT2D eigenvalue weighted by Gasteiger charge is -2.14. The van der Waals surface area contributed by atoms with Crippen LogP contribution in [-0.4, -0.2) is 23.1 Å². The minimum absolute atomic E-state index is 0.219. The van der Waals surface area contributed by atoms with Crippen LogP contribution in [0.5, 0.6) is 0 Å². The number of urea groups is 1. The van der Waals surface area contributed by atoms with Gasteiger partial charge in [-0.25, -0.2) is 14.0 Å². The Morgan fingerprint density at radius 1 is 1.40 bits per heavy atom. The van der Waals surface area contributed by atoms with Gasteiger partial charge in [-0.1, -0.05) is 19.4 Å². The lowest BCUT2D eigenvalue weighted by Crippen LogP contribution is -2.45. The van der Waals surface area contributed by atoms with Gasteiger partial charge in [0.25, 0.3) is 0 Å². The predicted octanol–water partition coefficient (Wildman–Crippen LogP) is 2.19. The smallest absolute Gasteiger partial charge is 0.326 e. The van der Waals surface area contributed by atoms with Crippen molar-refractivity contribution >= 4 is 12.0 Å². The van der Waals surface area contributed by atoms with E-state index in [0.717, 1.165) is 11.1 Å². The van der Waals surface area contributed by atoms with Gasteiger partial charge in [-0.15, -0.1) is 0 Å². The van der Waals surface area contributed by atoms with Crippen LogP contribution in [-0.2, 0) is 11.3 Å². The predicted molar refractivity (Wildman–Crippen MR) is 72.8 cm³/mol. The highest BCUT2D eigenvalue weighted by Crippen LogP contribution is 2.09. The zero-order valence-corrected chi connectivity index (χ0v) is 11.6. The molecule has 0 aromatic heterocycles. The molecule has 0 bridgehead atoms. The normalized spacial score (nSPS) is 11.8. The Morgan fingerprint density at radius 2 is 2.10 bits per heavy atom. The van der Waals surface area contributed by atoms with E-state index in [2.05, 4.69) is 10.6 Å². The molecule has 1 aromatic carbocycles. The van der Waals surface area contributed by atoms with E-state index in [9.17, 15) is 14.0 Å². The van der Waals surface area contributed by atoms with Crippen LogP contribution < -0.4 is 10.6 Å². The highest BCUT2D eigenvalue weighted by Gasteiger charge is 2.18. The van der Waals surface area contributed by atoms with Crippen LogP contribution in [0.15, 0.2) is 18.2 Å². The number of halogens is 1. The zero-order valence-electron chi connectivity index (χ0n) is 11.6. The molecule has 110 valence electrons. The van der Waals surface area contributed by atoms with Crippen molar-refractivity contribution < 1.29 is 19.1 Å². The van der Waals surface area contributed by atoms with Crippen molar-refractivity contribution in [3.8, 4) is 0 Å². The number of aryl methyl sites for hydroxylation is 1. The molecular weight excluding hydrogens is 263 g/mol. The third kappa shape index (κ3) is 4.87. The van der Waals surface area contributed by atoms with E-state index in [0.29, 0.717) is 12.8 Å². The molecule has 6 heteroatoms. The van der Waals surface area contributed by atoms with Crippen LogP contribution in [0.3, 0.4) is 0 Å². The summed E-state index contributed by atoms with van der Waals surface area (Å²) in [5.41, 5.74) is 1.51. The molecule has 3 N–H and O–H groups in total. The summed E-state index contributed by atoms with van der Waals surface area (Å²) in [6.07, 6.45) is 1.03. The molecule has 0 aliphatic rings. The van der Waals surface area contributed by atoms with E-state index in [1.165, 1.54) is 12.1 Å². The summed E-state index contributed by atoms with van der Waals surface area (Å²) in [4.78, 5) is 22.5. The summed E-state index contributed by atoms with van der Waals surface area (Å²) in [6, 6.07) is 2.85. The number of aliphatic carboxylic acids is 1. The lowest BCUT2D eigenvalue weighted by atomic mass is 10.1. The van der Waals surface area contributed by atoms with Gasteiger partial charge >= 0.3 is 12.0 Å². The number of hydrogen-bond acceptors (Lipinski definition) is 2. The summed E-state index contributed by atoms with van der Waals surface area (Å²) in [6.45, 7) is 3.81. The molecule has 0 radical (unpaired) electrons. The molecule has 0 saturated carbocycles. The van der Waals surface area contributed by atoms with Gasteiger partial charge in [-0.2, -0.15) is 0 Å².